The van der Waals surface area contributed by atoms with Crippen molar-refractivity contribution < 1.29 is 24.2 Å². The van der Waals surface area contributed by atoms with Gasteiger partial charge in [0, 0.05) is 11.6 Å². The van der Waals surface area contributed by atoms with E-state index >= 15 is 0 Å². The van der Waals surface area contributed by atoms with Crippen LogP contribution in [0.25, 0.3) is 6.08 Å². The topological polar surface area (TPSA) is 145 Å². The Morgan fingerprint density at radius 1 is 1.06 bits per heavy atom. The summed E-state index contributed by atoms with van der Waals surface area (Å²) in [5.74, 6) is -1.08. The Balaban J connectivity index is 1.60. The first kappa shape index (κ1) is 24.0. The predicted molar refractivity (Wildman–Crippen MR) is 133 cm³/mol. The molecule has 11 nitrogen and oxygen atoms in total. The fourth-order valence-electron chi connectivity index (χ4n) is 2.93. The highest BCUT2D eigenvalue weighted by molar-refractivity contribution is 8.26. The third-order valence-electron chi connectivity index (χ3n) is 4.53. The molecular formula is C21H12N4O7S3. The lowest BCUT2D eigenvalue weighted by Crippen LogP contribution is -2.44. The number of nitro groups is 2. The first-order valence-electron chi connectivity index (χ1n) is 9.57. The summed E-state index contributed by atoms with van der Waals surface area (Å²) in [4.78, 5) is 46.7. The molecule has 0 bridgehead atoms. The van der Waals surface area contributed by atoms with Gasteiger partial charge in [-0.3, -0.25) is 35.2 Å². The van der Waals surface area contributed by atoms with E-state index in [0.29, 0.717) is 10.4 Å². The molecule has 0 aliphatic carbocycles. The predicted octanol–water partition coefficient (Wildman–Crippen LogP) is 4.90. The van der Waals surface area contributed by atoms with Gasteiger partial charge in [0.15, 0.2) is 4.32 Å². The van der Waals surface area contributed by atoms with Crippen LogP contribution >= 0.6 is 35.3 Å². The Kier molecular flexibility index (Phi) is 6.86. The zero-order chi connectivity index (χ0) is 25.1. The van der Waals surface area contributed by atoms with Gasteiger partial charge in [0.1, 0.15) is 5.75 Å². The molecule has 2 heterocycles. The molecule has 2 amide bonds. The van der Waals surface area contributed by atoms with Crippen molar-refractivity contribution in [1.82, 2.24) is 10.4 Å². The Bertz CT molecular complexity index is 1410. The number of non-ortho nitro benzene ring substituents is 1. The van der Waals surface area contributed by atoms with Gasteiger partial charge in [-0.25, -0.2) is 0 Å². The SMILES string of the molecule is O=C(NN1C(=O)/C(=C\c2ccccc2Oc2ccc([N+](=O)[O-])cc2[N+](=O)[O-])SC1=S)c1cccs1. The van der Waals surface area contributed by atoms with Gasteiger partial charge < -0.3 is 4.74 Å². The van der Waals surface area contributed by atoms with Crippen LogP contribution in [0.3, 0.4) is 0 Å². The van der Waals surface area contributed by atoms with Crippen molar-refractivity contribution in [2.24, 2.45) is 0 Å². The summed E-state index contributed by atoms with van der Waals surface area (Å²) < 4.78 is 5.83. The smallest absolute Gasteiger partial charge is 0.318 e. The van der Waals surface area contributed by atoms with Gasteiger partial charge in [-0.05, 0) is 41.9 Å². The maximum Gasteiger partial charge on any atom is 0.318 e. The van der Waals surface area contributed by atoms with E-state index in [4.69, 9.17) is 17.0 Å². The largest absolute Gasteiger partial charge is 0.449 e. The Labute approximate surface area is 210 Å². The number of rotatable bonds is 7. The number of amides is 2. The summed E-state index contributed by atoms with van der Waals surface area (Å²) in [7, 11) is 0. The molecule has 176 valence electrons. The highest BCUT2D eigenvalue weighted by atomic mass is 32.2. The van der Waals surface area contributed by atoms with Crippen LogP contribution in [0.1, 0.15) is 15.2 Å². The van der Waals surface area contributed by atoms with Crippen LogP contribution in [0.5, 0.6) is 11.5 Å². The zero-order valence-corrected chi connectivity index (χ0v) is 19.7. The second kappa shape index (κ2) is 10.0. The number of hydrogen-bond acceptors (Lipinski definition) is 10. The van der Waals surface area contributed by atoms with Crippen molar-refractivity contribution in [3.8, 4) is 11.5 Å². The quantitative estimate of drug-likeness (QED) is 0.196. The molecule has 1 aliphatic rings. The minimum absolute atomic E-state index is 0.121. The average Bonchev–Trinajstić information content (AvgIpc) is 3.45. The summed E-state index contributed by atoms with van der Waals surface area (Å²) in [6.45, 7) is 0. The van der Waals surface area contributed by atoms with Crippen LogP contribution in [-0.2, 0) is 4.79 Å². The van der Waals surface area contributed by atoms with Gasteiger partial charge in [0.2, 0.25) is 5.75 Å². The molecule has 1 aromatic heterocycles. The molecule has 0 saturated carbocycles. The van der Waals surface area contributed by atoms with Crippen LogP contribution in [-0.4, -0.2) is 31.0 Å². The van der Waals surface area contributed by atoms with Gasteiger partial charge in [-0.2, -0.15) is 5.01 Å². The number of hydrogen-bond donors (Lipinski definition) is 1. The van der Waals surface area contributed by atoms with E-state index in [1.54, 1.807) is 35.7 Å². The molecule has 1 aliphatic heterocycles. The third kappa shape index (κ3) is 5.18. The Hall–Kier alpha value is -4.14. The van der Waals surface area contributed by atoms with E-state index in [-0.39, 0.29) is 20.7 Å². The molecule has 0 spiro atoms. The molecule has 0 radical (unpaired) electrons. The number of thiophene rings is 1. The second-order valence-electron chi connectivity index (χ2n) is 6.74. The summed E-state index contributed by atoms with van der Waals surface area (Å²) in [5.41, 5.74) is 1.83. The number of thioether (sulfide) groups is 1. The molecule has 1 saturated heterocycles. The maximum absolute atomic E-state index is 12.9. The summed E-state index contributed by atoms with van der Waals surface area (Å²) >= 11 is 7.41. The molecule has 14 heteroatoms. The minimum Gasteiger partial charge on any atom is -0.449 e. The van der Waals surface area contributed by atoms with Gasteiger partial charge in [0.05, 0.1) is 25.7 Å². The molecule has 0 unspecified atom stereocenters. The number of nitro benzene ring substituents is 2. The molecule has 2 aromatic carbocycles. The molecule has 35 heavy (non-hydrogen) atoms. The maximum atomic E-state index is 12.9. The zero-order valence-electron chi connectivity index (χ0n) is 17.3. The van der Waals surface area contributed by atoms with Crippen molar-refractivity contribution >= 4 is 68.9 Å². The second-order valence-corrected chi connectivity index (χ2v) is 9.36. The van der Waals surface area contributed by atoms with Crippen LogP contribution in [0.4, 0.5) is 11.4 Å². The van der Waals surface area contributed by atoms with E-state index in [2.05, 4.69) is 5.43 Å². The lowest BCUT2D eigenvalue weighted by molar-refractivity contribution is -0.394. The van der Waals surface area contributed by atoms with Gasteiger partial charge in [-0.15, -0.1) is 11.3 Å². The van der Waals surface area contributed by atoms with Crippen molar-refractivity contribution in [1.29, 1.82) is 0 Å². The van der Waals surface area contributed by atoms with Crippen LogP contribution in [0.15, 0.2) is 64.9 Å². The third-order valence-corrected chi connectivity index (χ3v) is 6.70. The number of para-hydroxylation sites is 1. The van der Waals surface area contributed by atoms with Crippen molar-refractivity contribution in [3.05, 3.63) is 95.6 Å². The number of benzene rings is 2. The number of nitrogens with zero attached hydrogens (tertiary/aromatic N) is 3. The Morgan fingerprint density at radius 2 is 1.83 bits per heavy atom. The minimum atomic E-state index is -0.785. The van der Waals surface area contributed by atoms with Crippen molar-refractivity contribution in [2.45, 2.75) is 0 Å². The van der Waals surface area contributed by atoms with E-state index in [1.165, 1.54) is 23.5 Å². The highest BCUT2D eigenvalue weighted by Crippen LogP contribution is 2.38. The molecule has 4 rings (SSSR count). The van der Waals surface area contributed by atoms with Gasteiger partial charge in [-0.1, -0.05) is 36.0 Å². The number of carbonyl (C=O) groups is 2. The highest BCUT2D eigenvalue weighted by Gasteiger charge is 2.34. The monoisotopic (exact) mass is 528 g/mol. The van der Waals surface area contributed by atoms with Crippen molar-refractivity contribution in [3.63, 3.8) is 0 Å². The van der Waals surface area contributed by atoms with Crippen LogP contribution < -0.4 is 10.2 Å². The molecule has 1 fully saturated rings. The molecule has 0 atom stereocenters. The van der Waals surface area contributed by atoms with Gasteiger partial charge in [0.25, 0.3) is 17.5 Å². The van der Waals surface area contributed by atoms with E-state index in [1.807, 2.05) is 0 Å². The van der Waals surface area contributed by atoms with E-state index in [0.717, 1.165) is 35.0 Å². The number of thiocarbonyl (C=S) groups is 1. The first-order chi connectivity index (χ1) is 16.7. The fourth-order valence-corrected chi connectivity index (χ4v) is 4.71. The normalized spacial score (nSPS) is 14.3. The summed E-state index contributed by atoms with van der Waals surface area (Å²) in [5, 5.41) is 25.1. The number of carbonyl (C=O) groups excluding carboxylic acids is 2. The lowest BCUT2D eigenvalue weighted by Gasteiger charge is -2.14. The first-order valence-corrected chi connectivity index (χ1v) is 11.7. The van der Waals surface area contributed by atoms with Crippen LogP contribution in [0.2, 0.25) is 0 Å². The number of nitrogens with one attached hydrogen (secondary N) is 1. The number of hydrazine groups is 1. The lowest BCUT2D eigenvalue weighted by atomic mass is 10.1. The molecule has 3 aromatic rings. The van der Waals surface area contributed by atoms with Crippen LogP contribution in [0, 0.1) is 20.2 Å². The number of ether oxygens (including phenoxy) is 1. The summed E-state index contributed by atoms with van der Waals surface area (Å²) in [6, 6.07) is 12.8. The molecule has 1 N–H and O–H groups in total. The van der Waals surface area contributed by atoms with E-state index < -0.39 is 33.0 Å². The van der Waals surface area contributed by atoms with Crippen molar-refractivity contribution in [2.75, 3.05) is 0 Å². The Morgan fingerprint density at radius 3 is 2.51 bits per heavy atom. The van der Waals surface area contributed by atoms with E-state index in [9.17, 15) is 29.8 Å². The standard InChI is InChI=1S/C21H12N4O7S3/c26-19(17-6-3-9-34-17)22-23-20(27)18(35-21(23)33)10-12-4-1-2-5-15(12)32-16-8-7-13(24(28)29)11-14(16)25(30)31/h1-11H,(H,22,26)/b18-10+. The van der Waals surface area contributed by atoms with Gasteiger partial charge >= 0.3 is 5.69 Å². The fraction of sp³-hybridized carbons (Fsp3) is 0. The summed E-state index contributed by atoms with van der Waals surface area (Å²) in [6.07, 6.45) is 1.48. The average molecular weight is 529 g/mol. The molecular weight excluding hydrogens is 516 g/mol.